The zero-order chi connectivity index (χ0) is 21.9. The van der Waals surface area contributed by atoms with Crippen molar-refractivity contribution in [2.45, 2.75) is 38.6 Å². The van der Waals surface area contributed by atoms with Gasteiger partial charge in [-0.15, -0.1) is 0 Å². The highest BCUT2D eigenvalue weighted by Crippen LogP contribution is 2.33. The normalized spacial score (nSPS) is 21.7. The number of esters is 1. The minimum atomic E-state index is -1.93. The number of hydrogen-bond donors (Lipinski definition) is 2. The van der Waals surface area contributed by atoms with Crippen molar-refractivity contribution in [3.05, 3.63) is 89.0 Å². The smallest absolute Gasteiger partial charge is 0.311 e. The van der Waals surface area contributed by atoms with Crippen LogP contribution in [0, 0.1) is 17.6 Å². The van der Waals surface area contributed by atoms with Gasteiger partial charge in [-0.3, -0.25) is 4.79 Å². The Morgan fingerprint density at radius 2 is 1.57 bits per heavy atom. The lowest BCUT2D eigenvalue weighted by molar-refractivity contribution is -0.214. The Morgan fingerprint density at radius 3 is 2.00 bits per heavy atom. The third-order valence-corrected chi connectivity index (χ3v) is 4.92. The van der Waals surface area contributed by atoms with Crippen molar-refractivity contribution in [2.24, 2.45) is 5.92 Å². The largest absolute Gasteiger partial charge is 0.429 e. The first kappa shape index (κ1) is 21.9. The van der Waals surface area contributed by atoms with Crippen LogP contribution in [0.5, 0.6) is 0 Å². The Labute approximate surface area is 174 Å². The van der Waals surface area contributed by atoms with E-state index in [0.29, 0.717) is 11.1 Å². The van der Waals surface area contributed by atoms with Crippen molar-refractivity contribution in [1.82, 2.24) is 0 Å². The zero-order valence-corrected chi connectivity index (χ0v) is 16.8. The quantitative estimate of drug-likeness (QED) is 0.563. The van der Waals surface area contributed by atoms with Gasteiger partial charge in [-0.05, 0) is 58.5 Å². The van der Waals surface area contributed by atoms with Crippen LogP contribution in [-0.4, -0.2) is 28.1 Å². The maximum absolute atomic E-state index is 13.5. The van der Waals surface area contributed by atoms with E-state index >= 15 is 0 Å². The summed E-state index contributed by atoms with van der Waals surface area (Å²) in [5, 5.41) is 20.5. The first-order chi connectivity index (χ1) is 14.2. The van der Waals surface area contributed by atoms with Crippen LogP contribution in [0.2, 0.25) is 0 Å². The summed E-state index contributed by atoms with van der Waals surface area (Å²) in [5.41, 5.74) is 2.92. The van der Waals surface area contributed by atoms with Crippen LogP contribution in [0.25, 0.3) is 5.57 Å². The molecule has 158 valence electrons. The zero-order valence-electron chi connectivity index (χ0n) is 16.8. The predicted molar refractivity (Wildman–Crippen MR) is 109 cm³/mol. The number of benzene rings is 2. The van der Waals surface area contributed by atoms with E-state index in [0.717, 1.165) is 11.1 Å². The molecule has 1 aliphatic heterocycles. The molecule has 2 aromatic rings. The van der Waals surface area contributed by atoms with Crippen molar-refractivity contribution in [2.75, 3.05) is 0 Å². The summed E-state index contributed by atoms with van der Waals surface area (Å²) in [7, 11) is 0. The van der Waals surface area contributed by atoms with Gasteiger partial charge in [0.05, 0.1) is 12.5 Å². The Morgan fingerprint density at radius 1 is 1.07 bits per heavy atom. The van der Waals surface area contributed by atoms with Gasteiger partial charge in [0.2, 0.25) is 5.79 Å². The van der Waals surface area contributed by atoms with E-state index in [-0.39, 0.29) is 30.4 Å². The molecule has 0 amide bonds. The van der Waals surface area contributed by atoms with E-state index in [1.165, 1.54) is 30.3 Å². The number of allylic oxidation sites excluding steroid dienone is 2. The van der Waals surface area contributed by atoms with Gasteiger partial charge in [0, 0.05) is 6.42 Å². The number of cyclic esters (lactones) is 1. The number of carbonyl (C=O) groups excluding carboxylic acids is 1. The average Bonchev–Trinajstić information content (AvgIpc) is 2.66. The van der Waals surface area contributed by atoms with Gasteiger partial charge in [-0.2, -0.15) is 0 Å². The Balaban J connectivity index is 2.13. The van der Waals surface area contributed by atoms with Crippen LogP contribution >= 0.6 is 0 Å². The number of aliphatic hydroxyl groups is 2. The number of halogens is 2. The van der Waals surface area contributed by atoms with E-state index in [2.05, 4.69) is 0 Å². The fraction of sp³-hybridized carbons (Fsp3) is 0.292. The van der Waals surface area contributed by atoms with Gasteiger partial charge in [0.1, 0.15) is 11.6 Å². The standard InChI is InChI=1S/C24H24F2O4/c1-15(2)21(11-12-24(29)14-20(27)13-22(28)30-24)23(16-3-7-18(25)8-4-16)17-5-9-19(26)10-6-17/h3-12,15,20,27,29H,13-14H2,1-2H3. The average molecular weight is 414 g/mol. The van der Waals surface area contributed by atoms with Crippen LogP contribution in [0.1, 0.15) is 37.8 Å². The summed E-state index contributed by atoms with van der Waals surface area (Å²) in [4.78, 5) is 11.6. The number of rotatable bonds is 5. The topological polar surface area (TPSA) is 66.8 Å². The van der Waals surface area contributed by atoms with Crippen LogP contribution in [0.4, 0.5) is 8.78 Å². The number of hydrogen-bond acceptors (Lipinski definition) is 4. The maximum atomic E-state index is 13.5. The first-order valence-corrected chi connectivity index (χ1v) is 9.74. The van der Waals surface area contributed by atoms with Crippen LogP contribution in [0.3, 0.4) is 0 Å². The van der Waals surface area contributed by atoms with Crippen molar-refractivity contribution >= 4 is 11.5 Å². The monoisotopic (exact) mass is 414 g/mol. The highest BCUT2D eigenvalue weighted by Gasteiger charge is 2.37. The van der Waals surface area contributed by atoms with Gasteiger partial charge < -0.3 is 14.9 Å². The van der Waals surface area contributed by atoms with E-state index in [1.807, 2.05) is 13.8 Å². The third kappa shape index (κ3) is 5.20. The minimum absolute atomic E-state index is 0.0424. The summed E-state index contributed by atoms with van der Waals surface area (Å²) in [5.74, 6) is -3.41. The van der Waals surface area contributed by atoms with Crippen molar-refractivity contribution in [1.29, 1.82) is 0 Å². The predicted octanol–water partition coefficient (Wildman–Crippen LogP) is 4.37. The molecular weight excluding hydrogens is 390 g/mol. The first-order valence-electron chi connectivity index (χ1n) is 9.74. The lowest BCUT2D eigenvalue weighted by Crippen LogP contribution is -2.42. The van der Waals surface area contributed by atoms with Gasteiger partial charge in [-0.1, -0.05) is 44.2 Å². The second kappa shape index (κ2) is 8.90. The van der Waals surface area contributed by atoms with Gasteiger partial charge in [-0.25, -0.2) is 8.78 Å². The van der Waals surface area contributed by atoms with Crippen LogP contribution in [0.15, 0.2) is 66.3 Å². The highest BCUT2D eigenvalue weighted by atomic mass is 19.1. The highest BCUT2D eigenvalue weighted by molar-refractivity contribution is 5.84. The minimum Gasteiger partial charge on any atom is -0.429 e. The SMILES string of the molecule is CC(C)C(C=CC1(O)CC(O)CC(=O)O1)=C(c1ccc(F)cc1)c1ccc(F)cc1. The summed E-state index contributed by atoms with van der Waals surface area (Å²) in [6.45, 7) is 3.89. The van der Waals surface area contributed by atoms with Crippen LogP contribution in [-0.2, 0) is 9.53 Å². The molecule has 2 unspecified atom stereocenters. The van der Waals surface area contributed by atoms with Gasteiger partial charge in [0.25, 0.3) is 0 Å². The van der Waals surface area contributed by atoms with Crippen molar-refractivity contribution in [3.63, 3.8) is 0 Å². The number of carbonyl (C=O) groups is 1. The summed E-state index contributed by atoms with van der Waals surface area (Å²) in [6.07, 6.45) is 1.68. The molecule has 0 bridgehead atoms. The molecule has 30 heavy (non-hydrogen) atoms. The molecule has 0 aliphatic carbocycles. The molecule has 4 nitrogen and oxygen atoms in total. The summed E-state index contributed by atoms with van der Waals surface area (Å²) in [6, 6.07) is 11.9. The van der Waals surface area contributed by atoms with E-state index in [1.54, 1.807) is 30.3 Å². The molecule has 0 spiro atoms. The molecule has 1 saturated heterocycles. The molecule has 6 heteroatoms. The molecule has 2 atom stereocenters. The summed E-state index contributed by atoms with van der Waals surface area (Å²) < 4.78 is 32.0. The second-order valence-electron chi connectivity index (χ2n) is 7.71. The van der Waals surface area contributed by atoms with Gasteiger partial charge >= 0.3 is 5.97 Å². The Kier molecular flexibility index (Phi) is 6.48. The maximum Gasteiger partial charge on any atom is 0.311 e. The fourth-order valence-electron chi connectivity index (χ4n) is 3.50. The number of aliphatic hydroxyl groups excluding tert-OH is 1. The molecule has 1 aliphatic rings. The molecule has 0 aromatic heterocycles. The molecule has 2 aromatic carbocycles. The molecule has 0 saturated carbocycles. The molecule has 0 radical (unpaired) electrons. The fourth-order valence-corrected chi connectivity index (χ4v) is 3.50. The van der Waals surface area contributed by atoms with Crippen molar-refractivity contribution in [3.8, 4) is 0 Å². The molecule has 2 N–H and O–H groups in total. The second-order valence-corrected chi connectivity index (χ2v) is 7.71. The third-order valence-electron chi connectivity index (χ3n) is 4.92. The van der Waals surface area contributed by atoms with E-state index < -0.39 is 17.9 Å². The van der Waals surface area contributed by atoms with E-state index in [9.17, 15) is 23.8 Å². The molecule has 3 rings (SSSR count). The van der Waals surface area contributed by atoms with E-state index in [4.69, 9.17) is 4.74 Å². The van der Waals surface area contributed by atoms with Crippen molar-refractivity contribution < 1.29 is 28.5 Å². The number of ether oxygens (including phenoxy) is 1. The molecule has 1 fully saturated rings. The Hall–Kier alpha value is -2.83. The lowest BCUT2D eigenvalue weighted by atomic mass is 9.87. The molecular formula is C24H24F2O4. The Bertz CT molecular complexity index is 914. The summed E-state index contributed by atoms with van der Waals surface area (Å²) >= 11 is 0. The molecule has 1 heterocycles. The van der Waals surface area contributed by atoms with Gasteiger partial charge in [0.15, 0.2) is 0 Å². The lowest BCUT2D eigenvalue weighted by Gasteiger charge is -2.31. The van der Waals surface area contributed by atoms with Crippen LogP contribution < -0.4 is 0 Å².